The lowest BCUT2D eigenvalue weighted by Crippen LogP contribution is -2.20. The lowest BCUT2D eigenvalue weighted by Gasteiger charge is -2.20. The maximum Gasteiger partial charge on any atom is 0.0591 e. The number of hydrogen-bond donors (Lipinski definition) is 0. The molecule has 1 aliphatic rings. The molecule has 1 unspecified atom stereocenters. The third-order valence-corrected chi connectivity index (χ3v) is 3.68. The molecule has 1 radical (unpaired) electrons. The van der Waals surface area contributed by atoms with E-state index in [9.17, 15) is 0 Å². The zero-order valence-corrected chi connectivity index (χ0v) is 8.37. The maximum atomic E-state index is 5.38. The minimum Gasteiger partial charge on any atom is -0.379 e. The Morgan fingerprint density at radius 1 is 1.58 bits per heavy atom. The van der Waals surface area contributed by atoms with Gasteiger partial charge in [0.25, 0.3) is 0 Å². The van der Waals surface area contributed by atoms with Gasteiger partial charge in [-0.05, 0) is 11.4 Å². The highest BCUT2D eigenvalue weighted by atomic mass is 32.2. The van der Waals surface area contributed by atoms with Gasteiger partial charge in [0.2, 0.25) is 0 Å². The van der Waals surface area contributed by atoms with Crippen molar-refractivity contribution in [2.75, 3.05) is 19.0 Å². The Balaban J connectivity index is 1.86. The Bertz CT molecular complexity index is 214. The van der Waals surface area contributed by atoms with Gasteiger partial charge in [0, 0.05) is 22.3 Å². The van der Waals surface area contributed by atoms with Gasteiger partial charge in [-0.1, -0.05) is 6.07 Å². The van der Waals surface area contributed by atoms with E-state index in [0.29, 0.717) is 5.25 Å². The van der Waals surface area contributed by atoms with Crippen molar-refractivity contribution < 1.29 is 4.74 Å². The molecule has 1 atom stereocenters. The largest absolute Gasteiger partial charge is 0.379 e. The van der Waals surface area contributed by atoms with Crippen LogP contribution in [0.5, 0.6) is 0 Å². The van der Waals surface area contributed by atoms with Crippen molar-refractivity contribution in [1.29, 1.82) is 0 Å². The predicted molar refractivity (Wildman–Crippen MR) is 54.8 cm³/mol. The van der Waals surface area contributed by atoms with Crippen LogP contribution in [0.4, 0.5) is 0 Å². The quantitative estimate of drug-likeness (QED) is 0.723. The van der Waals surface area contributed by atoms with Crippen molar-refractivity contribution in [2.24, 2.45) is 0 Å². The van der Waals surface area contributed by atoms with Crippen molar-refractivity contribution >= 4 is 23.1 Å². The van der Waals surface area contributed by atoms with E-state index in [1.54, 1.807) is 11.3 Å². The average molecular weight is 199 g/mol. The summed E-state index contributed by atoms with van der Waals surface area (Å²) in [6.45, 7) is 1.79. The van der Waals surface area contributed by atoms with Gasteiger partial charge in [0.1, 0.15) is 0 Å². The van der Waals surface area contributed by atoms with Gasteiger partial charge < -0.3 is 4.74 Å². The summed E-state index contributed by atoms with van der Waals surface area (Å²) >= 11 is 3.78. The van der Waals surface area contributed by atoms with Gasteiger partial charge in [0.05, 0.1) is 13.2 Å². The van der Waals surface area contributed by atoms with E-state index < -0.39 is 0 Å². The van der Waals surface area contributed by atoms with Gasteiger partial charge in [-0.2, -0.15) is 11.8 Å². The molecule has 1 aromatic rings. The Morgan fingerprint density at radius 3 is 3.25 bits per heavy atom. The third kappa shape index (κ3) is 2.25. The van der Waals surface area contributed by atoms with Crippen molar-refractivity contribution in [2.45, 2.75) is 5.25 Å². The van der Waals surface area contributed by atoms with Crippen molar-refractivity contribution in [3.63, 3.8) is 0 Å². The van der Waals surface area contributed by atoms with Crippen LogP contribution >= 0.6 is 23.1 Å². The average Bonchev–Trinajstić information content (AvgIpc) is 2.59. The highest BCUT2D eigenvalue weighted by Gasteiger charge is 2.15. The van der Waals surface area contributed by atoms with Gasteiger partial charge in [0.15, 0.2) is 0 Å². The van der Waals surface area contributed by atoms with Crippen LogP contribution in [-0.4, -0.2) is 24.2 Å². The Hall–Kier alpha value is 0.01000. The zero-order chi connectivity index (χ0) is 8.23. The van der Waals surface area contributed by atoms with Gasteiger partial charge in [-0.3, -0.25) is 0 Å². The first-order chi connectivity index (χ1) is 5.95. The minimum atomic E-state index is 0.567. The lowest BCUT2D eigenvalue weighted by atomic mass is 10.3. The lowest BCUT2D eigenvalue weighted by molar-refractivity contribution is 0.149. The van der Waals surface area contributed by atoms with Crippen molar-refractivity contribution in [1.82, 2.24) is 0 Å². The third-order valence-electron chi connectivity index (χ3n) is 1.74. The molecule has 0 aromatic carbocycles. The Morgan fingerprint density at radius 2 is 2.58 bits per heavy atom. The summed E-state index contributed by atoms with van der Waals surface area (Å²) in [5, 5.41) is 2.68. The molecule has 3 heteroatoms. The fourth-order valence-corrected chi connectivity index (χ4v) is 2.92. The second kappa shape index (κ2) is 4.30. The van der Waals surface area contributed by atoms with E-state index in [-0.39, 0.29) is 0 Å². The molecule has 1 saturated heterocycles. The first kappa shape index (κ1) is 8.60. The fraction of sp³-hybridized carbons (Fsp3) is 0.444. The molecule has 12 heavy (non-hydrogen) atoms. The number of rotatable bonds is 2. The molecular formula is C9H11OS2. The standard InChI is InChI=1S/C9H11OS2/c1-2-8(11-4-1)6-9-7-10-3-5-12-9/h1-2,4,6,9H,3,5,7H2. The second-order valence-electron chi connectivity index (χ2n) is 2.67. The molecule has 1 aliphatic heterocycles. The smallest absolute Gasteiger partial charge is 0.0591 e. The van der Waals surface area contributed by atoms with E-state index in [0.717, 1.165) is 19.0 Å². The van der Waals surface area contributed by atoms with Crippen molar-refractivity contribution in [3.05, 3.63) is 28.8 Å². The molecule has 0 aliphatic carbocycles. The molecule has 1 aromatic heterocycles. The van der Waals surface area contributed by atoms with Gasteiger partial charge in [-0.15, -0.1) is 11.3 Å². The van der Waals surface area contributed by atoms with Gasteiger partial charge in [-0.25, -0.2) is 0 Å². The molecule has 2 rings (SSSR count). The van der Waals surface area contributed by atoms with Crippen LogP contribution in [0.2, 0.25) is 0 Å². The number of ether oxygens (including phenoxy) is 1. The van der Waals surface area contributed by atoms with Crippen molar-refractivity contribution in [3.8, 4) is 0 Å². The maximum absolute atomic E-state index is 5.38. The molecule has 65 valence electrons. The monoisotopic (exact) mass is 199 g/mol. The summed E-state index contributed by atoms with van der Waals surface area (Å²) in [7, 11) is 0. The van der Waals surface area contributed by atoms with Crippen LogP contribution in [-0.2, 0) is 4.74 Å². The first-order valence-electron chi connectivity index (χ1n) is 4.03. The highest BCUT2D eigenvalue weighted by Crippen LogP contribution is 2.24. The molecule has 1 nitrogen and oxygen atoms in total. The van der Waals surface area contributed by atoms with Crippen LogP contribution in [0, 0.1) is 6.42 Å². The second-order valence-corrected chi connectivity index (χ2v) is 4.99. The zero-order valence-electron chi connectivity index (χ0n) is 6.73. The number of thiophene rings is 1. The topological polar surface area (TPSA) is 9.23 Å². The van der Waals surface area contributed by atoms with Crippen LogP contribution < -0.4 is 0 Å². The van der Waals surface area contributed by atoms with E-state index in [4.69, 9.17) is 4.74 Å². The summed E-state index contributed by atoms with van der Waals surface area (Å²) < 4.78 is 5.38. The first-order valence-corrected chi connectivity index (χ1v) is 5.96. The van der Waals surface area contributed by atoms with Crippen LogP contribution in [0.15, 0.2) is 17.5 Å². The van der Waals surface area contributed by atoms with E-state index in [2.05, 4.69) is 23.9 Å². The fourth-order valence-electron chi connectivity index (χ4n) is 1.17. The summed E-state index contributed by atoms with van der Waals surface area (Å²) in [6.07, 6.45) is 2.30. The molecule has 0 amide bonds. The predicted octanol–water partition coefficient (Wildman–Crippen LogP) is 2.43. The molecule has 0 N–H and O–H groups in total. The van der Waals surface area contributed by atoms with E-state index in [1.807, 2.05) is 11.8 Å². The molecule has 0 spiro atoms. The summed E-state index contributed by atoms with van der Waals surface area (Å²) in [5.41, 5.74) is 0. The van der Waals surface area contributed by atoms with Gasteiger partial charge >= 0.3 is 0 Å². The van der Waals surface area contributed by atoms with E-state index >= 15 is 0 Å². The van der Waals surface area contributed by atoms with Crippen LogP contribution in [0.3, 0.4) is 0 Å². The number of thioether (sulfide) groups is 1. The molecule has 0 bridgehead atoms. The normalized spacial score (nSPS) is 24.2. The molecule has 2 heterocycles. The summed E-state index contributed by atoms with van der Waals surface area (Å²) in [5.74, 6) is 1.13. The molecular weight excluding hydrogens is 188 g/mol. The Labute approximate surface area is 81.1 Å². The summed E-state index contributed by atoms with van der Waals surface area (Å²) in [6, 6.07) is 4.24. The van der Waals surface area contributed by atoms with Crippen LogP contribution in [0.1, 0.15) is 4.88 Å². The molecule has 0 saturated carbocycles. The highest BCUT2D eigenvalue weighted by molar-refractivity contribution is 8.00. The van der Waals surface area contributed by atoms with E-state index in [1.165, 1.54) is 4.88 Å². The molecule has 1 fully saturated rings. The Kier molecular flexibility index (Phi) is 3.08. The number of hydrogen-bond acceptors (Lipinski definition) is 3. The SMILES string of the molecule is [CH](c1cccs1)C1COCCS1. The van der Waals surface area contributed by atoms with Crippen LogP contribution in [0.25, 0.3) is 0 Å². The minimum absolute atomic E-state index is 0.567. The summed E-state index contributed by atoms with van der Waals surface area (Å²) in [4.78, 5) is 1.36.